The van der Waals surface area contributed by atoms with Gasteiger partial charge in [-0.2, -0.15) is 5.10 Å². The lowest BCUT2D eigenvalue weighted by Crippen LogP contribution is -2.27. The summed E-state index contributed by atoms with van der Waals surface area (Å²) in [5.74, 6) is 0.115. The predicted octanol–water partition coefficient (Wildman–Crippen LogP) is 1.79. The van der Waals surface area contributed by atoms with Crippen LogP contribution in [0.15, 0.2) is 6.07 Å². The number of amides is 2. The maximum atomic E-state index is 12.6. The fourth-order valence-corrected chi connectivity index (χ4v) is 3.27. The van der Waals surface area contributed by atoms with Gasteiger partial charge in [-0.15, -0.1) is 0 Å². The Hall–Kier alpha value is -1.85. The third kappa shape index (κ3) is 1.81. The summed E-state index contributed by atoms with van der Waals surface area (Å²) in [6.07, 6.45) is 0. The average molecular weight is 292 g/mol. The molecule has 0 aromatic carbocycles. The summed E-state index contributed by atoms with van der Waals surface area (Å²) in [6.45, 7) is 10.4. The summed E-state index contributed by atoms with van der Waals surface area (Å²) in [5, 5.41) is 9.57. The normalized spacial score (nSPS) is 20.7. The summed E-state index contributed by atoms with van der Waals surface area (Å²) in [7, 11) is 3.23. The lowest BCUT2D eigenvalue weighted by atomic mass is 9.96. The molecule has 1 heterocycles. The van der Waals surface area contributed by atoms with E-state index in [1.807, 2.05) is 6.92 Å². The second-order valence-electron chi connectivity index (χ2n) is 6.95. The van der Waals surface area contributed by atoms with Crippen LogP contribution in [-0.2, 0) is 11.8 Å². The van der Waals surface area contributed by atoms with Crippen LogP contribution in [0.2, 0.25) is 0 Å². The van der Waals surface area contributed by atoms with Gasteiger partial charge in [0.1, 0.15) is 5.69 Å². The molecule has 21 heavy (non-hydrogen) atoms. The first kappa shape index (κ1) is 15.5. The van der Waals surface area contributed by atoms with Crippen molar-refractivity contribution < 1.29 is 9.59 Å². The number of aryl methyl sites for hydroxylation is 1. The molecule has 0 spiro atoms. The van der Waals surface area contributed by atoms with Crippen LogP contribution < -0.4 is 10.6 Å². The average Bonchev–Trinajstić information content (AvgIpc) is 2.69. The molecule has 0 bridgehead atoms. The number of hydrogen-bond donors (Lipinski definition) is 2. The van der Waals surface area contributed by atoms with E-state index in [0.29, 0.717) is 11.5 Å². The van der Waals surface area contributed by atoms with Crippen molar-refractivity contribution in [1.29, 1.82) is 0 Å². The second kappa shape index (κ2) is 4.32. The number of carbonyl (C=O) groups is 2. The van der Waals surface area contributed by atoms with E-state index in [4.69, 9.17) is 0 Å². The highest BCUT2D eigenvalue weighted by Gasteiger charge is 2.78. The molecule has 1 aromatic heterocycles. The van der Waals surface area contributed by atoms with E-state index in [-0.39, 0.29) is 22.6 Å². The number of nitrogens with one attached hydrogen (secondary N) is 2. The number of rotatable bonds is 3. The van der Waals surface area contributed by atoms with E-state index in [1.165, 1.54) is 4.68 Å². The number of nitrogens with zero attached hydrogens (tertiary/aromatic N) is 2. The van der Waals surface area contributed by atoms with Gasteiger partial charge in [0.15, 0.2) is 5.82 Å². The smallest absolute Gasteiger partial charge is 0.269 e. The van der Waals surface area contributed by atoms with Gasteiger partial charge in [-0.05, 0) is 17.8 Å². The third-order valence-electron chi connectivity index (χ3n) is 6.04. The van der Waals surface area contributed by atoms with Crippen LogP contribution in [0.3, 0.4) is 0 Å². The van der Waals surface area contributed by atoms with Gasteiger partial charge in [0, 0.05) is 20.2 Å². The first-order valence-electron chi connectivity index (χ1n) is 7.08. The molecule has 1 aliphatic carbocycles. The van der Waals surface area contributed by atoms with Crippen LogP contribution in [0.25, 0.3) is 0 Å². The minimum atomic E-state index is -0.454. The van der Waals surface area contributed by atoms with Crippen molar-refractivity contribution in [2.24, 2.45) is 23.3 Å². The lowest BCUT2D eigenvalue weighted by molar-refractivity contribution is -0.122. The van der Waals surface area contributed by atoms with Crippen LogP contribution in [-0.4, -0.2) is 28.6 Å². The van der Waals surface area contributed by atoms with Crippen LogP contribution in [0.5, 0.6) is 0 Å². The molecule has 2 N–H and O–H groups in total. The molecular weight excluding hydrogens is 268 g/mol. The lowest BCUT2D eigenvalue weighted by Gasteiger charge is -2.14. The summed E-state index contributed by atoms with van der Waals surface area (Å²) in [6, 6.07) is 1.59. The van der Waals surface area contributed by atoms with E-state index in [0.717, 1.165) is 0 Å². The SMILES string of the molecule is CNC(=O)c1cc(NC(=O)C2(C)C(C)(C)C2(C)C)nn1C. The van der Waals surface area contributed by atoms with Crippen LogP contribution >= 0.6 is 0 Å². The number of carbonyl (C=O) groups excluding carboxylic acids is 2. The molecule has 2 rings (SSSR count). The number of aromatic nitrogens is 2. The molecule has 1 saturated carbocycles. The van der Waals surface area contributed by atoms with E-state index in [2.05, 4.69) is 43.4 Å². The Morgan fingerprint density at radius 2 is 1.67 bits per heavy atom. The quantitative estimate of drug-likeness (QED) is 0.891. The zero-order chi connectivity index (χ0) is 16.2. The Bertz CT molecular complexity index is 599. The Morgan fingerprint density at radius 3 is 2.10 bits per heavy atom. The van der Waals surface area contributed by atoms with Crippen molar-refractivity contribution in [3.63, 3.8) is 0 Å². The molecule has 1 aliphatic rings. The predicted molar refractivity (Wildman–Crippen MR) is 80.9 cm³/mol. The molecule has 0 saturated heterocycles. The molecule has 6 nitrogen and oxygen atoms in total. The van der Waals surface area contributed by atoms with Gasteiger partial charge in [0.05, 0.1) is 5.41 Å². The van der Waals surface area contributed by atoms with Crippen LogP contribution in [0.4, 0.5) is 5.82 Å². The summed E-state index contributed by atoms with van der Waals surface area (Å²) in [5.41, 5.74) is -0.206. The van der Waals surface area contributed by atoms with Crippen molar-refractivity contribution >= 4 is 17.6 Å². The van der Waals surface area contributed by atoms with Gasteiger partial charge < -0.3 is 10.6 Å². The van der Waals surface area contributed by atoms with Crippen molar-refractivity contribution in [2.75, 3.05) is 12.4 Å². The van der Waals surface area contributed by atoms with Gasteiger partial charge in [-0.3, -0.25) is 14.3 Å². The standard InChI is InChI=1S/C15H24N4O2/c1-13(2)14(3,4)15(13,5)12(21)17-10-8-9(11(20)16-6)19(7)18-10/h8H,1-7H3,(H,16,20)(H,17,18,21). The number of hydrogen-bond acceptors (Lipinski definition) is 3. The van der Waals surface area contributed by atoms with Crippen LogP contribution in [0.1, 0.15) is 45.1 Å². The van der Waals surface area contributed by atoms with E-state index >= 15 is 0 Å². The highest BCUT2D eigenvalue weighted by molar-refractivity contribution is 6.00. The zero-order valence-corrected chi connectivity index (χ0v) is 13.8. The maximum Gasteiger partial charge on any atom is 0.269 e. The molecule has 116 valence electrons. The zero-order valence-electron chi connectivity index (χ0n) is 13.8. The van der Waals surface area contributed by atoms with Crippen molar-refractivity contribution in [2.45, 2.75) is 34.6 Å². The molecule has 6 heteroatoms. The third-order valence-corrected chi connectivity index (χ3v) is 6.04. The van der Waals surface area contributed by atoms with Gasteiger partial charge >= 0.3 is 0 Å². The minimum absolute atomic E-state index is 0.0564. The first-order chi connectivity index (χ1) is 9.50. The Morgan fingerprint density at radius 1 is 1.14 bits per heavy atom. The van der Waals surface area contributed by atoms with Gasteiger partial charge in [-0.25, -0.2) is 0 Å². The van der Waals surface area contributed by atoms with E-state index < -0.39 is 5.41 Å². The van der Waals surface area contributed by atoms with E-state index in [1.54, 1.807) is 20.2 Å². The summed E-state index contributed by atoms with van der Waals surface area (Å²) < 4.78 is 1.46. The molecular formula is C15H24N4O2. The monoisotopic (exact) mass is 292 g/mol. The number of anilines is 1. The van der Waals surface area contributed by atoms with Crippen LogP contribution in [0, 0.1) is 16.2 Å². The van der Waals surface area contributed by atoms with Crippen molar-refractivity contribution in [1.82, 2.24) is 15.1 Å². The second-order valence-corrected chi connectivity index (χ2v) is 6.95. The Labute approximate surface area is 125 Å². The fourth-order valence-electron chi connectivity index (χ4n) is 3.27. The summed E-state index contributed by atoms with van der Waals surface area (Å²) in [4.78, 5) is 24.3. The highest BCUT2D eigenvalue weighted by atomic mass is 16.2. The van der Waals surface area contributed by atoms with Crippen molar-refractivity contribution in [3.05, 3.63) is 11.8 Å². The maximum absolute atomic E-state index is 12.6. The Balaban J connectivity index is 2.21. The fraction of sp³-hybridized carbons (Fsp3) is 0.667. The Kier molecular flexibility index (Phi) is 3.20. The largest absolute Gasteiger partial charge is 0.354 e. The first-order valence-corrected chi connectivity index (χ1v) is 7.08. The molecule has 2 amide bonds. The molecule has 1 aromatic rings. The topological polar surface area (TPSA) is 76.0 Å². The molecule has 1 fully saturated rings. The molecule has 0 aliphatic heterocycles. The van der Waals surface area contributed by atoms with Gasteiger partial charge in [0.25, 0.3) is 5.91 Å². The van der Waals surface area contributed by atoms with E-state index in [9.17, 15) is 9.59 Å². The highest BCUT2D eigenvalue weighted by Crippen LogP contribution is 2.77. The van der Waals surface area contributed by atoms with Gasteiger partial charge in [0.2, 0.25) is 5.91 Å². The summed E-state index contributed by atoms with van der Waals surface area (Å²) >= 11 is 0. The molecule has 0 radical (unpaired) electrons. The van der Waals surface area contributed by atoms with Crippen molar-refractivity contribution in [3.8, 4) is 0 Å². The minimum Gasteiger partial charge on any atom is -0.354 e. The molecule has 0 unspecified atom stereocenters. The van der Waals surface area contributed by atoms with Gasteiger partial charge in [-0.1, -0.05) is 27.7 Å². The molecule has 0 atom stereocenters.